The summed E-state index contributed by atoms with van der Waals surface area (Å²) in [6, 6.07) is 16.5. The molecule has 4 aromatic rings. The van der Waals surface area contributed by atoms with Crippen molar-refractivity contribution in [2.24, 2.45) is 5.92 Å². The smallest absolute Gasteiger partial charge is 0.256 e. The van der Waals surface area contributed by atoms with Gasteiger partial charge in [0.1, 0.15) is 5.69 Å². The highest BCUT2D eigenvalue weighted by atomic mass is 16.3. The van der Waals surface area contributed by atoms with Crippen molar-refractivity contribution in [3.63, 3.8) is 0 Å². The fourth-order valence-corrected chi connectivity index (χ4v) is 3.81. The van der Waals surface area contributed by atoms with Crippen LogP contribution in [0.2, 0.25) is 0 Å². The quantitative estimate of drug-likeness (QED) is 0.353. The van der Waals surface area contributed by atoms with E-state index in [2.05, 4.69) is 11.4 Å². The second kappa shape index (κ2) is 8.79. The molecular formula is C27H26N2O3. The molecule has 0 saturated heterocycles. The van der Waals surface area contributed by atoms with Gasteiger partial charge >= 0.3 is 0 Å². The summed E-state index contributed by atoms with van der Waals surface area (Å²) in [6.45, 7) is 7.91. The second-order valence-corrected chi connectivity index (χ2v) is 8.22. The van der Waals surface area contributed by atoms with E-state index in [-0.39, 0.29) is 17.6 Å². The number of benzene rings is 2. The van der Waals surface area contributed by atoms with Crippen LogP contribution in [0.3, 0.4) is 0 Å². The Bertz CT molecular complexity index is 1290. The zero-order chi connectivity index (χ0) is 22.8. The lowest BCUT2D eigenvalue weighted by atomic mass is 9.97. The lowest BCUT2D eigenvalue weighted by Gasteiger charge is -2.13. The third-order valence-electron chi connectivity index (χ3n) is 5.75. The summed E-state index contributed by atoms with van der Waals surface area (Å²) >= 11 is 0. The van der Waals surface area contributed by atoms with E-state index in [9.17, 15) is 9.59 Å². The first-order chi connectivity index (χ1) is 15.4. The normalized spacial score (nSPS) is 12.0. The number of aromatic nitrogens is 1. The van der Waals surface area contributed by atoms with E-state index >= 15 is 0 Å². The van der Waals surface area contributed by atoms with Gasteiger partial charge in [-0.15, -0.1) is 0 Å². The number of furan rings is 1. The zero-order valence-electron chi connectivity index (χ0n) is 18.7. The van der Waals surface area contributed by atoms with Gasteiger partial charge in [0.05, 0.1) is 17.3 Å². The Hall–Kier alpha value is -3.73. The number of rotatable bonds is 6. The number of Topliss-reactive ketones (excluding diaryl/α,β-unsaturated/α-hetero) is 1. The van der Waals surface area contributed by atoms with E-state index in [1.165, 1.54) is 0 Å². The van der Waals surface area contributed by atoms with Crippen molar-refractivity contribution in [3.05, 3.63) is 83.1 Å². The number of hydrogen-bond donors (Lipinski definition) is 1. The molecule has 0 bridgehead atoms. The van der Waals surface area contributed by atoms with Gasteiger partial charge < -0.3 is 9.73 Å². The molecule has 2 heterocycles. The van der Waals surface area contributed by atoms with Crippen molar-refractivity contribution in [2.75, 3.05) is 5.32 Å². The first-order valence-corrected chi connectivity index (χ1v) is 10.8. The van der Waals surface area contributed by atoms with Crippen LogP contribution in [-0.4, -0.2) is 16.7 Å². The van der Waals surface area contributed by atoms with Crippen LogP contribution in [0.25, 0.3) is 22.4 Å². The molecule has 1 unspecified atom stereocenters. The van der Waals surface area contributed by atoms with Crippen LogP contribution in [0.5, 0.6) is 0 Å². The van der Waals surface area contributed by atoms with Crippen LogP contribution >= 0.6 is 0 Å². The highest BCUT2D eigenvalue weighted by molar-refractivity contribution is 6.13. The topological polar surface area (TPSA) is 72.2 Å². The van der Waals surface area contributed by atoms with Crippen molar-refractivity contribution in [1.29, 1.82) is 0 Å². The fraction of sp³-hybridized carbons (Fsp3) is 0.222. The molecule has 0 aliphatic rings. The first kappa shape index (κ1) is 21.5. The minimum atomic E-state index is -0.240. The summed E-state index contributed by atoms with van der Waals surface area (Å²) in [7, 11) is 0. The van der Waals surface area contributed by atoms with Crippen molar-refractivity contribution >= 4 is 28.3 Å². The highest BCUT2D eigenvalue weighted by Gasteiger charge is 2.18. The number of hydrogen-bond acceptors (Lipinski definition) is 4. The van der Waals surface area contributed by atoms with Crippen LogP contribution < -0.4 is 5.32 Å². The summed E-state index contributed by atoms with van der Waals surface area (Å²) in [6.07, 6.45) is 2.38. The third kappa shape index (κ3) is 4.19. The molecule has 5 heteroatoms. The summed E-state index contributed by atoms with van der Waals surface area (Å²) in [5, 5.41) is 3.75. The number of aryl methyl sites for hydroxylation is 2. The summed E-state index contributed by atoms with van der Waals surface area (Å²) in [5.41, 5.74) is 5.23. The Morgan fingerprint density at radius 1 is 1.06 bits per heavy atom. The van der Waals surface area contributed by atoms with Crippen molar-refractivity contribution in [3.8, 4) is 11.5 Å². The van der Waals surface area contributed by atoms with Gasteiger partial charge in [-0.05, 0) is 74.4 Å². The van der Waals surface area contributed by atoms with Gasteiger partial charge in [-0.2, -0.15) is 0 Å². The molecular weight excluding hydrogens is 400 g/mol. The highest BCUT2D eigenvalue weighted by Crippen LogP contribution is 2.29. The Morgan fingerprint density at radius 3 is 2.47 bits per heavy atom. The third-order valence-corrected chi connectivity index (χ3v) is 5.75. The fourth-order valence-electron chi connectivity index (χ4n) is 3.81. The molecule has 5 nitrogen and oxygen atoms in total. The molecule has 0 aliphatic heterocycles. The van der Waals surface area contributed by atoms with Gasteiger partial charge in [0.15, 0.2) is 11.5 Å². The molecule has 32 heavy (non-hydrogen) atoms. The standard InChI is InChI=1S/C27H26N2O3/c1-5-17(3)26(30)19-8-10-20(11-9-19)28-27(31)22-15-23(24-7-6-12-32-24)29-25-18(4)13-16(2)14-21(22)25/h6-15,17H,5H2,1-4H3,(H,28,31). The zero-order valence-corrected chi connectivity index (χ0v) is 18.7. The first-order valence-electron chi connectivity index (χ1n) is 10.8. The number of amides is 1. The van der Waals surface area contributed by atoms with Gasteiger partial charge in [-0.3, -0.25) is 9.59 Å². The Labute approximate surface area is 187 Å². The number of nitrogens with one attached hydrogen (secondary N) is 1. The maximum Gasteiger partial charge on any atom is 0.256 e. The molecule has 1 N–H and O–H groups in total. The number of carbonyl (C=O) groups excluding carboxylic acids is 2. The number of anilines is 1. The van der Waals surface area contributed by atoms with E-state index < -0.39 is 0 Å². The average Bonchev–Trinajstić information content (AvgIpc) is 3.33. The van der Waals surface area contributed by atoms with Crippen molar-refractivity contribution < 1.29 is 14.0 Å². The van der Waals surface area contributed by atoms with E-state index in [0.717, 1.165) is 28.5 Å². The van der Waals surface area contributed by atoms with E-state index in [1.54, 1.807) is 42.7 Å². The largest absolute Gasteiger partial charge is 0.463 e. The van der Waals surface area contributed by atoms with Gasteiger partial charge in [0.2, 0.25) is 0 Å². The maximum absolute atomic E-state index is 13.3. The van der Waals surface area contributed by atoms with Gasteiger partial charge in [0, 0.05) is 22.6 Å². The number of fused-ring (bicyclic) bond motifs is 1. The summed E-state index contributed by atoms with van der Waals surface area (Å²) < 4.78 is 5.52. The Balaban J connectivity index is 1.71. The molecule has 0 saturated carbocycles. The van der Waals surface area contributed by atoms with Gasteiger partial charge in [-0.1, -0.05) is 25.5 Å². The van der Waals surface area contributed by atoms with Crippen LogP contribution in [0.4, 0.5) is 5.69 Å². The lowest BCUT2D eigenvalue weighted by Crippen LogP contribution is -2.14. The Morgan fingerprint density at radius 2 is 1.81 bits per heavy atom. The van der Waals surface area contributed by atoms with E-state index in [1.807, 2.05) is 39.8 Å². The van der Waals surface area contributed by atoms with Gasteiger partial charge in [0.25, 0.3) is 5.91 Å². The summed E-state index contributed by atoms with van der Waals surface area (Å²) in [4.78, 5) is 30.4. The van der Waals surface area contributed by atoms with E-state index in [0.29, 0.717) is 28.3 Å². The molecule has 162 valence electrons. The number of ketones is 1. The molecule has 0 aliphatic carbocycles. The predicted octanol–water partition coefficient (Wildman–Crippen LogP) is 6.59. The molecule has 0 spiro atoms. The summed E-state index contributed by atoms with van der Waals surface area (Å²) in [5.74, 6) is 0.453. The number of pyridine rings is 1. The minimum absolute atomic E-state index is 0.0230. The molecule has 2 aromatic carbocycles. The average molecular weight is 427 g/mol. The monoisotopic (exact) mass is 426 g/mol. The van der Waals surface area contributed by atoms with Gasteiger partial charge in [-0.25, -0.2) is 4.98 Å². The molecule has 1 amide bonds. The number of carbonyl (C=O) groups is 2. The molecule has 0 fully saturated rings. The second-order valence-electron chi connectivity index (χ2n) is 8.22. The molecule has 4 rings (SSSR count). The number of nitrogens with zero attached hydrogens (tertiary/aromatic N) is 1. The van der Waals surface area contributed by atoms with Crippen LogP contribution in [0.15, 0.2) is 65.3 Å². The SMILES string of the molecule is CCC(C)C(=O)c1ccc(NC(=O)c2cc(-c3ccco3)nc3c(C)cc(C)cc23)cc1. The Kier molecular flexibility index (Phi) is 5.91. The lowest BCUT2D eigenvalue weighted by molar-refractivity contribution is 0.0927. The minimum Gasteiger partial charge on any atom is -0.463 e. The molecule has 2 aromatic heterocycles. The van der Waals surface area contributed by atoms with E-state index in [4.69, 9.17) is 9.40 Å². The van der Waals surface area contributed by atoms with Crippen LogP contribution in [0.1, 0.15) is 52.1 Å². The molecule has 1 atom stereocenters. The molecule has 0 radical (unpaired) electrons. The predicted molar refractivity (Wildman–Crippen MR) is 127 cm³/mol. The maximum atomic E-state index is 13.3. The van der Waals surface area contributed by atoms with Crippen molar-refractivity contribution in [2.45, 2.75) is 34.1 Å². The van der Waals surface area contributed by atoms with Crippen LogP contribution in [0, 0.1) is 19.8 Å². The van der Waals surface area contributed by atoms with Crippen LogP contribution in [-0.2, 0) is 0 Å². The van der Waals surface area contributed by atoms with Crippen molar-refractivity contribution in [1.82, 2.24) is 4.98 Å².